The lowest BCUT2D eigenvalue weighted by Crippen LogP contribution is -2.30. The monoisotopic (exact) mass is 490 g/mol. The standard InChI is InChI=1S/C22H26N4O7S/c1-15(21(27)24-17-7-9-18(10-8-17)34(23,31)32)33-22(28)16-6-11-19(20(14-16)26(29)30)25-12-4-2-3-5-13-25/h6-11,14-15H,2-5,12-13H2,1H3,(H,24,27)(H2,23,31,32). The van der Waals surface area contributed by atoms with E-state index in [0.29, 0.717) is 18.8 Å². The first kappa shape index (κ1) is 25.1. The fraction of sp³-hybridized carbons (Fsp3) is 0.364. The van der Waals surface area contributed by atoms with E-state index in [2.05, 4.69) is 5.32 Å². The van der Waals surface area contributed by atoms with Gasteiger partial charge in [0.2, 0.25) is 10.0 Å². The molecule has 0 bridgehead atoms. The molecule has 1 saturated heterocycles. The van der Waals surface area contributed by atoms with Crippen molar-refractivity contribution in [1.82, 2.24) is 0 Å². The van der Waals surface area contributed by atoms with Gasteiger partial charge < -0.3 is 15.0 Å². The third kappa shape index (κ3) is 6.29. The minimum Gasteiger partial charge on any atom is -0.449 e. The number of carbonyl (C=O) groups excluding carboxylic acids is 2. The number of nitrogens with two attached hydrogens (primary N) is 1. The van der Waals surface area contributed by atoms with Gasteiger partial charge in [-0.2, -0.15) is 0 Å². The van der Waals surface area contributed by atoms with E-state index < -0.39 is 32.9 Å². The Morgan fingerprint density at radius 2 is 1.71 bits per heavy atom. The zero-order valence-corrected chi connectivity index (χ0v) is 19.4. The van der Waals surface area contributed by atoms with Gasteiger partial charge in [0.25, 0.3) is 11.6 Å². The van der Waals surface area contributed by atoms with Crippen LogP contribution in [0, 0.1) is 10.1 Å². The SMILES string of the molecule is CC(OC(=O)c1ccc(N2CCCCCC2)c([N+](=O)[O-])c1)C(=O)Nc1ccc(S(N)(=O)=O)cc1. The summed E-state index contributed by atoms with van der Waals surface area (Å²) in [5.74, 6) is -1.54. The number of hydrogen-bond acceptors (Lipinski definition) is 8. The predicted octanol–water partition coefficient (Wildman–Crippen LogP) is 2.81. The third-order valence-corrected chi connectivity index (χ3v) is 6.39. The topological polar surface area (TPSA) is 162 Å². The number of hydrogen-bond donors (Lipinski definition) is 2. The number of nitrogens with zero attached hydrogens (tertiary/aromatic N) is 2. The minimum absolute atomic E-state index is 0.0394. The number of anilines is 2. The maximum Gasteiger partial charge on any atom is 0.339 e. The van der Waals surface area contributed by atoms with Crippen molar-refractivity contribution in [2.24, 2.45) is 5.14 Å². The van der Waals surface area contributed by atoms with Gasteiger partial charge in [0.05, 0.1) is 15.4 Å². The van der Waals surface area contributed by atoms with Crippen LogP contribution in [0.4, 0.5) is 17.1 Å². The van der Waals surface area contributed by atoms with Gasteiger partial charge in [0.1, 0.15) is 5.69 Å². The zero-order chi connectivity index (χ0) is 24.9. The lowest BCUT2D eigenvalue weighted by Gasteiger charge is -2.22. The molecule has 1 amide bonds. The lowest BCUT2D eigenvalue weighted by molar-refractivity contribution is -0.384. The van der Waals surface area contributed by atoms with Crippen LogP contribution in [0.1, 0.15) is 43.0 Å². The van der Waals surface area contributed by atoms with Crippen molar-refractivity contribution in [1.29, 1.82) is 0 Å². The molecule has 1 aliphatic rings. The van der Waals surface area contributed by atoms with Gasteiger partial charge in [-0.15, -0.1) is 0 Å². The number of carbonyl (C=O) groups is 2. The Kier molecular flexibility index (Phi) is 7.84. The number of rotatable bonds is 7. The van der Waals surface area contributed by atoms with Crippen LogP contribution >= 0.6 is 0 Å². The number of nitro groups is 1. The van der Waals surface area contributed by atoms with Crippen LogP contribution in [0.15, 0.2) is 47.4 Å². The van der Waals surface area contributed by atoms with Gasteiger partial charge in [-0.3, -0.25) is 14.9 Å². The summed E-state index contributed by atoms with van der Waals surface area (Å²) in [6.07, 6.45) is 2.82. The molecule has 2 aromatic rings. The molecule has 0 aromatic heterocycles. The van der Waals surface area contributed by atoms with Crippen molar-refractivity contribution in [3.63, 3.8) is 0 Å². The molecule has 0 spiro atoms. The number of esters is 1. The molecule has 2 aromatic carbocycles. The zero-order valence-electron chi connectivity index (χ0n) is 18.6. The highest BCUT2D eigenvalue weighted by atomic mass is 32.2. The van der Waals surface area contributed by atoms with E-state index in [0.717, 1.165) is 25.7 Å². The second-order valence-electron chi connectivity index (χ2n) is 7.97. The number of benzene rings is 2. The smallest absolute Gasteiger partial charge is 0.339 e. The number of ether oxygens (including phenoxy) is 1. The summed E-state index contributed by atoms with van der Waals surface area (Å²) in [5, 5.41) is 19.2. The Labute approximate surface area is 197 Å². The number of nitro benzene ring substituents is 1. The van der Waals surface area contributed by atoms with Crippen LogP contribution < -0.4 is 15.4 Å². The molecule has 1 heterocycles. The molecular weight excluding hydrogens is 464 g/mol. The van der Waals surface area contributed by atoms with E-state index in [4.69, 9.17) is 9.88 Å². The van der Waals surface area contributed by atoms with Gasteiger partial charge in [-0.25, -0.2) is 18.4 Å². The Hall–Kier alpha value is -3.51. The van der Waals surface area contributed by atoms with Crippen molar-refractivity contribution in [2.45, 2.75) is 43.6 Å². The summed E-state index contributed by atoms with van der Waals surface area (Å²) in [4.78, 5) is 37.9. The predicted molar refractivity (Wildman–Crippen MR) is 125 cm³/mol. The van der Waals surface area contributed by atoms with Crippen molar-refractivity contribution < 1.29 is 27.7 Å². The van der Waals surface area contributed by atoms with Gasteiger partial charge in [0.15, 0.2) is 6.10 Å². The molecular formula is C22H26N4O7S. The number of primary sulfonamides is 1. The van der Waals surface area contributed by atoms with Crippen LogP contribution in [-0.4, -0.2) is 44.4 Å². The maximum absolute atomic E-state index is 12.6. The summed E-state index contributed by atoms with van der Waals surface area (Å²) in [6, 6.07) is 9.30. The first-order valence-electron chi connectivity index (χ1n) is 10.7. The molecule has 34 heavy (non-hydrogen) atoms. The molecule has 1 atom stereocenters. The van der Waals surface area contributed by atoms with Gasteiger partial charge in [-0.05, 0) is 56.2 Å². The van der Waals surface area contributed by atoms with Crippen molar-refractivity contribution >= 4 is 39.0 Å². The quantitative estimate of drug-likeness (QED) is 0.340. The highest BCUT2D eigenvalue weighted by Crippen LogP contribution is 2.31. The Bertz CT molecular complexity index is 1170. The van der Waals surface area contributed by atoms with Gasteiger partial charge in [-0.1, -0.05) is 12.8 Å². The van der Waals surface area contributed by atoms with Gasteiger partial charge in [0, 0.05) is 24.8 Å². The minimum atomic E-state index is -3.87. The average molecular weight is 491 g/mol. The van der Waals surface area contributed by atoms with E-state index in [1.54, 1.807) is 0 Å². The first-order valence-corrected chi connectivity index (χ1v) is 12.3. The third-order valence-electron chi connectivity index (χ3n) is 5.46. The molecule has 3 rings (SSSR count). The normalized spacial score (nSPS) is 15.2. The van der Waals surface area contributed by atoms with Crippen molar-refractivity contribution in [3.05, 3.63) is 58.1 Å². The van der Waals surface area contributed by atoms with E-state index >= 15 is 0 Å². The molecule has 0 aliphatic carbocycles. The molecule has 12 heteroatoms. The van der Waals surface area contributed by atoms with E-state index in [-0.39, 0.29) is 21.8 Å². The summed E-state index contributed by atoms with van der Waals surface area (Å²) < 4.78 is 27.8. The molecule has 1 fully saturated rings. The highest BCUT2D eigenvalue weighted by molar-refractivity contribution is 7.89. The molecule has 0 saturated carbocycles. The molecule has 0 radical (unpaired) electrons. The summed E-state index contributed by atoms with van der Waals surface area (Å²) in [7, 11) is -3.87. The molecule has 11 nitrogen and oxygen atoms in total. The number of amides is 1. The van der Waals surface area contributed by atoms with E-state index in [9.17, 15) is 28.1 Å². The largest absolute Gasteiger partial charge is 0.449 e. The van der Waals surface area contributed by atoms with E-state index in [1.807, 2.05) is 4.90 Å². The van der Waals surface area contributed by atoms with Crippen LogP contribution in [0.2, 0.25) is 0 Å². The van der Waals surface area contributed by atoms with Crippen LogP contribution in [0.25, 0.3) is 0 Å². The van der Waals surface area contributed by atoms with Gasteiger partial charge >= 0.3 is 5.97 Å². The van der Waals surface area contributed by atoms with Crippen LogP contribution in [-0.2, 0) is 19.6 Å². The molecule has 1 aliphatic heterocycles. The summed E-state index contributed by atoms with van der Waals surface area (Å²) >= 11 is 0. The van der Waals surface area contributed by atoms with Crippen LogP contribution in [0.5, 0.6) is 0 Å². The van der Waals surface area contributed by atoms with Crippen LogP contribution in [0.3, 0.4) is 0 Å². The summed E-state index contributed by atoms with van der Waals surface area (Å²) in [6.45, 7) is 2.77. The highest BCUT2D eigenvalue weighted by Gasteiger charge is 2.25. The number of nitrogens with one attached hydrogen (secondary N) is 1. The molecule has 3 N–H and O–H groups in total. The van der Waals surface area contributed by atoms with E-state index in [1.165, 1.54) is 49.4 Å². The maximum atomic E-state index is 12.6. The Morgan fingerprint density at radius 1 is 1.09 bits per heavy atom. The number of sulfonamides is 1. The Morgan fingerprint density at radius 3 is 2.26 bits per heavy atom. The Balaban J connectivity index is 1.68. The fourth-order valence-electron chi connectivity index (χ4n) is 3.63. The second kappa shape index (κ2) is 10.6. The van der Waals surface area contributed by atoms with Crippen molar-refractivity contribution in [3.8, 4) is 0 Å². The lowest BCUT2D eigenvalue weighted by atomic mass is 10.1. The molecule has 182 valence electrons. The average Bonchev–Trinajstić information content (AvgIpc) is 3.07. The van der Waals surface area contributed by atoms with Crippen molar-refractivity contribution in [2.75, 3.05) is 23.3 Å². The second-order valence-corrected chi connectivity index (χ2v) is 9.53. The fourth-order valence-corrected chi connectivity index (χ4v) is 4.15. The molecule has 1 unspecified atom stereocenters. The first-order chi connectivity index (χ1) is 16.1. The summed E-state index contributed by atoms with van der Waals surface area (Å²) in [5.41, 5.74) is 0.501.